The average Bonchev–Trinajstić information content (AvgIpc) is 2.55. The van der Waals surface area contributed by atoms with Gasteiger partial charge in [0.2, 0.25) is 0 Å². The zero-order chi connectivity index (χ0) is 15.5. The van der Waals surface area contributed by atoms with Gasteiger partial charge in [-0.3, -0.25) is 9.36 Å². The van der Waals surface area contributed by atoms with E-state index in [0.29, 0.717) is 18.1 Å². The monoisotopic (exact) mass is 301 g/mol. The number of aryl methyl sites for hydroxylation is 1. The molecule has 0 bridgehead atoms. The summed E-state index contributed by atoms with van der Waals surface area (Å²) in [6.07, 6.45) is 3.91. The molecular formula is C15H15N3O4. The van der Waals surface area contributed by atoms with E-state index in [2.05, 4.69) is 10.5 Å². The maximum atomic E-state index is 12.3. The number of carbonyl (C=O) groups is 1. The van der Waals surface area contributed by atoms with Crippen LogP contribution in [0.3, 0.4) is 0 Å². The van der Waals surface area contributed by atoms with Crippen molar-refractivity contribution < 1.29 is 14.7 Å². The van der Waals surface area contributed by atoms with E-state index >= 15 is 0 Å². The summed E-state index contributed by atoms with van der Waals surface area (Å²) in [7, 11) is 0. The summed E-state index contributed by atoms with van der Waals surface area (Å²) >= 11 is 0. The zero-order valence-corrected chi connectivity index (χ0v) is 11.8. The lowest BCUT2D eigenvalue weighted by molar-refractivity contribution is 0.0592. The molecule has 0 unspecified atom stereocenters. The molecule has 0 saturated carbocycles. The molecule has 1 aromatic carbocycles. The second kappa shape index (κ2) is 5.88. The van der Waals surface area contributed by atoms with E-state index in [0.717, 1.165) is 19.3 Å². The van der Waals surface area contributed by atoms with Crippen molar-refractivity contribution >= 4 is 11.7 Å². The second-order valence-corrected chi connectivity index (χ2v) is 5.04. The highest BCUT2D eigenvalue weighted by atomic mass is 16.7. The predicted molar refractivity (Wildman–Crippen MR) is 78.6 cm³/mol. The molecule has 7 nitrogen and oxygen atoms in total. The molecule has 2 N–H and O–H groups in total. The first-order valence-corrected chi connectivity index (χ1v) is 7.00. The van der Waals surface area contributed by atoms with E-state index in [9.17, 15) is 14.7 Å². The Morgan fingerprint density at radius 1 is 1.27 bits per heavy atom. The molecule has 2 aromatic rings. The number of rotatable bonds is 3. The van der Waals surface area contributed by atoms with Crippen LogP contribution in [0.15, 0.2) is 35.3 Å². The fraction of sp³-hybridized carbons (Fsp3) is 0.267. The summed E-state index contributed by atoms with van der Waals surface area (Å²) < 4.78 is 1.53. The van der Waals surface area contributed by atoms with Gasteiger partial charge in [-0.05, 0) is 37.1 Å². The Kier molecular flexibility index (Phi) is 3.78. The molecule has 1 aliphatic heterocycles. The molecule has 1 aromatic heterocycles. The topological polar surface area (TPSA) is 93.4 Å². The normalized spacial score (nSPS) is 13.3. The Labute approximate surface area is 126 Å². The molecule has 7 heteroatoms. The van der Waals surface area contributed by atoms with Gasteiger partial charge in [-0.15, -0.1) is 0 Å². The minimum absolute atomic E-state index is 0.100. The fourth-order valence-electron chi connectivity index (χ4n) is 2.34. The molecule has 1 aliphatic rings. The molecule has 114 valence electrons. The minimum Gasteiger partial charge on any atom is -0.508 e. The van der Waals surface area contributed by atoms with Gasteiger partial charge in [0, 0.05) is 19.2 Å². The third-order valence-electron chi connectivity index (χ3n) is 3.51. The van der Waals surface area contributed by atoms with Crippen molar-refractivity contribution in [2.24, 2.45) is 0 Å². The molecule has 2 heterocycles. The van der Waals surface area contributed by atoms with Crippen molar-refractivity contribution in [1.29, 1.82) is 0 Å². The first kappa shape index (κ1) is 14.1. The van der Waals surface area contributed by atoms with Crippen molar-refractivity contribution in [2.45, 2.75) is 25.8 Å². The maximum Gasteiger partial charge on any atom is 0.369 e. The Morgan fingerprint density at radius 3 is 2.82 bits per heavy atom. The van der Waals surface area contributed by atoms with Gasteiger partial charge in [0.05, 0.1) is 5.69 Å². The number of aromatic nitrogens is 2. The van der Waals surface area contributed by atoms with E-state index in [4.69, 9.17) is 4.84 Å². The highest BCUT2D eigenvalue weighted by molar-refractivity contribution is 5.89. The highest BCUT2D eigenvalue weighted by Gasteiger charge is 2.19. The van der Waals surface area contributed by atoms with Crippen LogP contribution >= 0.6 is 0 Å². The number of phenols is 1. The van der Waals surface area contributed by atoms with Crippen LogP contribution in [0.4, 0.5) is 5.69 Å². The largest absolute Gasteiger partial charge is 0.508 e. The van der Waals surface area contributed by atoms with Gasteiger partial charge in [-0.25, -0.2) is 15.3 Å². The Hall–Kier alpha value is -2.83. The van der Waals surface area contributed by atoms with Crippen molar-refractivity contribution in [2.75, 3.05) is 5.48 Å². The summed E-state index contributed by atoms with van der Waals surface area (Å²) in [5.41, 5.74) is 2.45. The van der Waals surface area contributed by atoms with E-state index in [-0.39, 0.29) is 16.9 Å². The summed E-state index contributed by atoms with van der Waals surface area (Å²) in [6.45, 7) is 0.577. The number of benzene rings is 1. The Morgan fingerprint density at radius 2 is 2.05 bits per heavy atom. The lowest BCUT2D eigenvalue weighted by atomic mass is 10.1. The van der Waals surface area contributed by atoms with Crippen molar-refractivity contribution in [3.63, 3.8) is 0 Å². The lowest BCUT2D eigenvalue weighted by Gasteiger charge is -2.17. The van der Waals surface area contributed by atoms with Crippen LogP contribution in [0.1, 0.15) is 29.0 Å². The number of phenolic OH excluding ortho intramolecular Hbond substituents is 1. The van der Waals surface area contributed by atoms with E-state index in [1.54, 1.807) is 12.1 Å². The Bertz CT molecular complexity index is 752. The van der Waals surface area contributed by atoms with Crippen LogP contribution in [0.2, 0.25) is 0 Å². The molecule has 3 rings (SSSR count). The second-order valence-electron chi connectivity index (χ2n) is 5.04. The minimum atomic E-state index is -0.786. The predicted octanol–water partition coefficient (Wildman–Crippen LogP) is 1.47. The number of nitrogens with zero attached hydrogens (tertiary/aromatic N) is 2. The van der Waals surface area contributed by atoms with Crippen LogP contribution < -0.4 is 11.0 Å². The van der Waals surface area contributed by atoms with Gasteiger partial charge in [0.25, 0.3) is 5.56 Å². The van der Waals surface area contributed by atoms with E-state index in [1.807, 2.05) is 0 Å². The number of hydrogen-bond donors (Lipinski definition) is 2. The number of nitrogens with one attached hydrogen (secondary N) is 1. The summed E-state index contributed by atoms with van der Waals surface area (Å²) in [6, 6.07) is 5.98. The fourth-order valence-corrected chi connectivity index (χ4v) is 2.34. The third kappa shape index (κ3) is 2.78. The smallest absolute Gasteiger partial charge is 0.369 e. The highest BCUT2D eigenvalue weighted by Crippen LogP contribution is 2.14. The van der Waals surface area contributed by atoms with Gasteiger partial charge in [0.1, 0.15) is 17.1 Å². The molecule has 0 fully saturated rings. The molecule has 0 amide bonds. The third-order valence-corrected chi connectivity index (χ3v) is 3.51. The van der Waals surface area contributed by atoms with Gasteiger partial charge >= 0.3 is 5.97 Å². The molecule has 0 spiro atoms. The van der Waals surface area contributed by atoms with Crippen LogP contribution in [0.25, 0.3) is 0 Å². The standard InChI is InChI=1S/C15H15N3O4/c19-11-6-4-10(5-7-11)17-22-15(21)12-9-16-13-3-1-2-8-18(13)14(12)20/h4-7,9,17,19H,1-3,8H2. The number of carbonyl (C=O) groups excluding carboxylic acids is 1. The molecule has 0 atom stereocenters. The van der Waals surface area contributed by atoms with Crippen molar-refractivity contribution in [3.8, 4) is 5.75 Å². The first-order chi connectivity index (χ1) is 10.6. The summed E-state index contributed by atoms with van der Waals surface area (Å²) in [4.78, 5) is 33.3. The Balaban J connectivity index is 1.75. The quantitative estimate of drug-likeness (QED) is 0.658. The van der Waals surface area contributed by atoms with Gasteiger partial charge in [-0.2, -0.15) is 0 Å². The summed E-state index contributed by atoms with van der Waals surface area (Å²) in [5, 5.41) is 9.17. The van der Waals surface area contributed by atoms with Crippen LogP contribution in [-0.4, -0.2) is 20.6 Å². The maximum absolute atomic E-state index is 12.3. The van der Waals surface area contributed by atoms with Crippen LogP contribution in [-0.2, 0) is 17.8 Å². The number of hydrogen-bond acceptors (Lipinski definition) is 6. The number of anilines is 1. The van der Waals surface area contributed by atoms with Gasteiger partial charge in [0.15, 0.2) is 0 Å². The van der Waals surface area contributed by atoms with Gasteiger partial charge < -0.3 is 9.94 Å². The number of aromatic hydroxyl groups is 1. The lowest BCUT2D eigenvalue weighted by Crippen LogP contribution is -2.33. The molecule has 0 aliphatic carbocycles. The average molecular weight is 301 g/mol. The van der Waals surface area contributed by atoms with Crippen molar-refractivity contribution in [1.82, 2.24) is 9.55 Å². The van der Waals surface area contributed by atoms with E-state index < -0.39 is 5.97 Å². The molecule has 0 saturated heterocycles. The number of fused-ring (bicyclic) bond motifs is 1. The molecular weight excluding hydrogens is 286 g/mol. The van der Waals surface area contributed by atoms with E-state index in [1.165, 1.54) is 22.9 Å². The SMILES string of the molecule is O=C(ONc1ccc(O)cc1)c1cnc2n(c1=O)CCCC2. The van der Waals surface area contributed by atoms with Crippen LogP contribution in [0.5, 0.6) is 5.75 Å². The van der Waals surface area contributed by atoms with Gasteiger partial charge in [-0.1, -0.05) is 0 Å². The summed E-state index contributed by atoms with van der Waals surface area (Å²) in [5.74, 6) is 0.0275. The zero-order valence-electron chi connectivity index (χ0n) is 11.8. The van der Waals surface area contributed by atoms with Crippen LogP contribution in [0, 0.1) is 0 Å². The first-order valence-electron chi connectivity index (χ1n) is 7.00. The van der Waals surface area contributed by atoms with Crippen molar-refractivity contribution in [3.05, 3.63) is 52.2 Å². The molecule has 22 heavy (non-hydrogen) atoms. The molecule has 0 radical (unpaired) electrons.